The molecule has 1 aliphatic rings. The molecule has 0 spiro atoms. The van der Waals surface area contributed by atoms with Crippen molar-refractivity contribution in [1.82, 2.24) is 19.9 Å². The average molecular weight is 428 g/mol. The molecular formula is C20H25N7O2S. The molecule has 9 nitrogen and oxygen atoms in total. The summed E-state index contributed by atoms with van der Waals surface area (Å²) in [6, 6.07) is 7.35. The second kappa shape index (κ2) is 8.50. The smallest absolute Gasteiger partial charge is 0.277 e. The molecule has 10 heteroatoms. The Balaban J connectivity index is 1.76. The predicted octanol–water partition coefficient (Wildman–Crippen LogP) is 1.25. The summed E-state index contributed by atoms with van der Waals surface area (Å²) in [4.78, 5) is 31.8. The molecule has 0 atom stereocenters. The summed E-state index contributed by atoms with van der Waals surface area (Å²) < 4.78 is 1.34. The Labute approximate surface area is 177 Å². The fourth-order valence-electron chi connectivity index (χ4n) is 3.36. The van der Waals surface area contributed by atoms with Crippen LogP contribution >= 0.6 is 11.3 Å². The number of fused-ring (bicyclic) bond motifs is 1. The van der Waals surface area contributed by atoms with Gasteiger partial charge in [0.15, 0.2) is 0 Å². The number of hydrogen-bond acceptors (Lipinski definition) is 8. The molecule has 3 aromatic rings. The molecular weight excluding hydrogens is 402 g/mol. The highest BCUT2D eigenvalue weighted by atomic mass is 32.1. The van der Waals surface area contributed by atoms with Crippen molar-refractivity contribution in [2.24, 2.45) is 5.73 Å². The first-order chi connectivity index (χ1) is 14.4. The summed E-state index contributed by atoms with van der Waals surface area (Å²) in [5, 5.41) is 11.3. The molecule has 1 saturated heterocycles. The monoisotopic (exact) mass is 427 g/mol. The van der Waals surface area contributed by atoms with E-state index >= 15 is 0 Å². The van der Waals surface area contributed by atoms with E-state index in [1.165, 1.54) is 15.9 Å². The van der Waals surface area contributed by atoms with Crippen LogP contribution in [0.5, 0.6) is 0 Å². The normalized spacial score (nSPS) is 14.5. The maximum Gasteiger partial charge on any atom is 0.277 e. The number of piperazine rings is 1. The predicted molar refractivity (Wildman–Crippen MR) is 119 cm³/mol. The van der Waals surface area contributed by atoms with Crippen LogP contribution in [-0.2, 0) is 4.79 Å². The van der Waals surface area contributed by atoms with Gasteiger partial charge in [-0.3, -0.25) is 9.59 Å². The molecule has 1 aromatic carbocycles. The lowest BCUT2D eigenvalue weighted by molar-refractivity contribution is -0.114. The average Bonchev–Trinajstić information content (AvgIpc) is 3.19. The molecule has 2 aromatic heterocycles. The number of benzene rings is 1. The number of carbonyl (C=O) groups excluding carboxylic acids is 1. The van der Waals surface area contributed by atoms with Gasteiger partial charge in [-0.25, -0.2) is 4.98 Å². The topological polar surface area (TPSA) is 118 Å². The second-order valence-electron chi connectivity index (χ2n) is 7.54. The Morgan fingerprint density at radius 3 is 2.73 bits per heavy atom. The van der Waals surface area contributed by atoms with Gasteiger partial charge < -0.3 is 21.3 Å². The molecule has 1 aliphatic heterocycles. The standard InChI is InChI=1S/C20H25N7O2S/c1-12(2)13-7-14(9-15(8-13)23-17(28)11-21)19-25-27-18(29)10-16(24-20(27)30-19)26-5-3-22-4-6-26/h7-10,12,22H,3-6,11,21H2,1-2H3,(H,23,28). The number of rotatable bonds is 5. The Hall–Kier alpha value is -2.82. The number of aromatic nitrogens is 3. The maximum atomic E-state index is 12.7. The Morgan fingerprint density at radius 2 is 2.03 bits per heavy atom. The largest absolute Gasteiger partial charge is 0.354 e. The van der Waals surface area contributed by atoms with Crippen molar-refractivity contribution in [3.8, 4) is 10.6 Å². The van der Waals surface area contributed by atoms with E-state index in [9.17, 15) is 9.59 Å². The molecule has 0 bridgehead atoms. The third kappa shape index (κ3) is 4.20. The second-order valence-corrected chi connectivity index (χ2v) is 8.50. The van der Waals surface area contributed by atoms with Crippen molar-refractivity contribution in [2.75, 3.05) is 42.9 Å². The number of nitrogens with one attached hydrogen (secondary N) is 2. The van der Waals surface area contributed by atoms with Crippen molar-refractivity contribution < 1.29 is 4.79 Å². The molecule has 1 amide bonds. The number of nitrogens with zero attached hydrogens (tertiary/aromatic N) is 4. The third-order valence-corrected chi connectivity index (χ3v) is 5.97. The lowest BCUT2D eigenvalue weighted by Gasteiger charge is -2.27. The summed E-state index contributed by atoms with van der Waals surface area (Å²) in [6.07, 6.45) is 0. The molecule has 0 unspecified atom stereocenters. The lowest BCUT2D eigenvalue weighted by atomic mass is 10.00. The zero-order chi connectivity index (χ0) is 21.3. The van der Waals surface area contributed by atoms with Crippen LogP contribution in [0.15, 0.2) is 29.1 Å². The van der Waals surface area contributed by atoms with Crippen molar-refractivity contribution in [2.45, 2.75) is 19.8 Å². The van der Waals surface area contributed by atoms with Crippen LogP contribution in [0.2, 0.25) is 0 Å². The molecule has 0 aliphatic carbocycles. The summed E-state index contributed by atoms with van der Waals surface area (Å²) >= 11 is 1.36. The highest BCUT2D eigenvalue weighted by Gasteiger charge is 2.17. The summed E-state index contributed by atoms with van der Waals surface area (Å²) in [5.74, 6) is 0.682. The Bertz CT molecular complexity index is 1130. The van der Waals surface area contributed by atoms with E-state index in [1.807, 2.05) is 18.2 Å². The minimum atomic E-state index is -0.260. The lowest BCUT2D eigenvalue weighted by Crippen LogP contribution is -2.44. The maximum absolute atomic E-state index is 12.7. The van der Waals surface area contributed by atoms with Crippen LogP contribution in [0.1, 0.15) is 25.3 Å². The van der Waals surface area contributed by atoms with E-state index in [0.29, 0.717) is 21.5 Å². The Morgan fingerprint density at radius 1 is 1.27 bits per heavy atom. The van der Waals surface area contributed by atoms with Gasteiger partial charge in [-0.2, -0.15) is 9.61 Å². The molecule has 4 N–H and O–H groups in total. The van der Waals surface area contributed by atoms with Gasteiger partial charge in [0, 0.05) is 43.5 Å². The van der Waals surface area contributed by atoms with Crippen LogP contribution in [-0.4, -0.2) is 53.2 Å². The fraction of sp³-hybridized carbons (Fsp3) is 0.400. The fourth-order valence-corrected chi connectivity index (χ4v) is 4.25. The first-order valence-electron chi connectivity index (χ1n) is 9.96. The highest BCUT2D eigenvalue weighted by molar-refractivity contribution is 7.19. The van der Waals surface area contributed by atoms with E-state index in [0.717, 1.165) is 37.3 Å². The van der Waals surface area contributed by atoms with Crippen molar-refractivity contribution in [3.63, 3.8) is 0 Å². The van der Waals surface area contributed by atoms with E-state index < -0.39 is 0 Å². The minimum absolute atomic E-state index is 0.0868. The van der Waals surface area contributed by atoms with Gasteiger partial charge in [-0.15, -0.1) is 0 Å². The number of carbonyl (C=O) groups is 1. The van der Waals surface area contributed by atoms with Gasteiger partial charge >= 0.3 is 0 Å². The van der Waals surface area contributed by atoms with Crippen molar-refractivity contribution in [3.05, 3.63) is 40.2 Å². The molecule has 4 rings (SSSR count). The van der Waals surface area contributed by atoms with Gasteiger partial charge in [-0.05, 0) is 29.7 Å². The van der Waals surface area contributed by atoms with Gasteiger partial charge in [0.2, 0.25) is 10.9 Å². The molecule has 30 heavy (non-hydrogen) atoms. The molecule has 0 radical (unpaired) electrons. The molecule has 1 fully saturated rings. The minimum Gasteiger partial charge on any atom is -0.354 e. The number of hydrogen-bond donors (Lipinski definition) is 3. The van der Waals surface area contributed by atoms with Crippen LogP contribution in [0.25, 0.3) is 15.5 Å². The molecule has 0 saturated carbocycles. The van der Waals surface area contributed by atoms with Crippen LogP contribution < -0.4 is 26.8 Å². The SMILES string of the molecule is CC(C)c1cc(NC(=O)CN)cc(-c2nn3c(=O)cc(N4CCNCC4)nc3s2)c1. The van der Waals surface area contributed by atoms with E-state index in [2.05, 4.69) is 39.5 Å². The van der Waals surface area contributed by atoms with Gasteiger partial charge in [0.1, 0.15) is 10.8 Å². The van der Waals surface area contributed by atoms with Crippen molar-refractivity contribution in [1.29, 1.82) is 0 Å². The quantitative estimate of drug-likeness (QED) is 0.561. The molecule has 3 heterocycles. The van der Waals surface area contributed by atoms with Crippen LogP contribution in [0, 0.1) is 0 Å². The zero-order valence-corrected chi connectivity index (χ0v) is 17.8. The van der Waals surface area contributed by atoms with Gasteiger partial charge in [-0.1, -0.05) is 25.2 Å². The van der Waals surface area contributed by atoms with E-state index in [-0.39, 0.29) is 23.9 Å². The van der Waals surface area contributed by atoms with Crippen LogP contribution in [0.4, 0.5) is 11.5 Å². The highest BCUT2D eigenvalue weighted by Crippen LogP contribution is 2.31. The van der Waals surface area contributed by atoms with Gasteiger partial charge in [0.05, 0.1) is 6.54 Å². The van der Waals surface area contributed by atoms with E-state index in [1.54, 1.807) is 6.07 Å². The van der Waals surface area contributed by atoms with Crippen LogP contribution in [0.3, 0.4) is 0 Å². The zero-order valence-electron chi connectivity index (χ0n) is 17.0. The number of amides is 1. The first-order valence-corrected chi connectivity index (χ1v) is 10.8. The number of anilines is 2. The summed E-state index contributed by atoms with van der Waals surface area (Å²) in [6.45, 7) is 7.44. The van der Waals surface area contributed by atoms with E-state index in [4.69, 9.17) is 5.73 Å². The first kappa shape index (κ1) is 20.5. The van der Waals surface area contributed by atoms with Crippen molar-refractivity contribution >= 4 is 33.7 Å². The van der Waals surface area contributed by atoms with Gasteiger partial charge in [0.25, 0.3) is 5.56 Å². The summed E-state index contributed by atoms with van der Waals surface area (Å²) in [7, 11) is 0. The summed E-state index contributed by atoms with van der Waals surface area (Å²) in [5.41, 5.74) is 7.77. The number of nitrogens with two attached hydrogens (primary N) is 1. The Kier molecular flexibility index (Phi) is 5.80. The molecule has 158 valence electrons. The third-order valence-electron chi connectivity index (χ3n) is 5.01.